The van der Waals surface area contributed by atoms with Crippen molar-refractivity contribution in [3.05, 3.63) is 41.6 Å². The molecule has 2 amide bonds. The smallest absolute Gasteiger partial charge is 0.234 e. The molecule has 1 fully saturated rings. The van der Waals surface area contributed by atoms with Gasteiger partial charge in [0.05, 0.1) is 12.1 Å². The van der Waals surface area contributed by atoms with Crippen LogP contribution in [0.5, 0.6) is 0 Å². The van der Waals surface area contributed by atoms with Gasteiger partial charge < -0.3 is 21.3 Å². The highest BCUT2D eigenvalue weighted by molar-refractivity contribution is 6.04. The van der Waals surface area contributed by atoms with Crippen LogP contribution in [0.3, 0.4) is 0 Å². The number of nitrogens with zero attached hydrogens (tertiary/aromatic N) is 4. The van der Waals surface area contributed by atoms with E-state index in [0.717, 1.165) is 11.3 Å². The number of anilines is 3. The molecule has 9 heteroatoms. The van der Waals surface area contributed by atoms with Crippen molar-refractivity contribution in [3.8, 4) is 6.07 Å². The van der Waals surface area contributed by atoms with Crippen LogP contribution in [0, 0.1) is 23.2 Å². The Morgan fingerprint density at radius 2 is 2.16 bits per heavy atom. The number of carbonyl (C=O) groups is 2. The second-order valence-corrected chi connectivity index (χ2v) is 8.15. The van der Waals surface area contributed by atoms with Crippen LogP contribution in [0.2, 0.25) is 0 Å². The summed E-state index contributed by atoms with van der Waals surface area (Å²) in [5.74, 6) is 0.298. The fourth-order valence-corrected chi connectivity index (χ4v) is 4.37. The predicted molar refractivity (Wildman–Crippen MR) is 116 cm³/mol. The molecule has 1 aliphatic heterocycles. The third-order valence-electron chi connectivity index (χ3n) is 6.39. The standard InChI is InChI=1S/C22H25N7O2/c1-12-16(19(24)30)9-17(12)27-20-13(10-23)11-26-22(28-20)25-8-7-15-14-5-3-4-6-18(14)29(2)21(15)31/h3-6,11-12,15-17H,7-9H2,1-2H3,(H2,24,30)(H2,25,26,27,28). The molecule has 9 nitrogen and oxygen atoms in total. The molecule has 0 radical (unpaired) electrons. The molecule has 1 saturated carbocycles. The van der Waals surface area contributed by atoms with E-state index in [-0.39, 0.29) is 35.6 Å². The van der Waals surface area contributed by atoms with Crippen molar-refractivity contribution in [2.24, 2.45) is 17.6 Å². The van der Waals surface area contributed by atoms with E-state index in [4.69, 9.17) is 5.73 Å². The minimum absolute atomic E-state index is 0.0236. The molecule has 2 aromatic rings. The Kier molecular flexibility index (Phi) is 5.46. The number of aromatic nitrogens is 2. The lowest BCUT2D eigenvalue weighted by Crippen LogP contribution is -2.50. The number of benzene rings is 1. The Balaban J connectivity index is 1.40. The highest BCUT2D eigenvalue weighted by Crippen LogP contribution is 2.38. The largest absolute Gasteiger partial charge is 0.369 e. The summed E-state index contributed by atoms with van der Waals surface area (Å²) in [4.78, 5) is 34.3. The lowest BCUT2D eigenvalue weighted by atomic mass is 9.70. The second kappa shape index (κ2) is 8.22. The van der Waals surface area contributed by atoms with E-state index in [0.29, 0.717) is 36.7 Å². The summed E-state index contributed by atoms with van der Waals surface area (Å²) in [6.45, 7) is 2.46. The molecule has 4 rings (SSSR count). The molecule has 0 spiro atoms. The third-order valence-corrected chi connectivity index (χ3v) is 6.39. The van der Waals surface area contributed by atoms with E-state index < -0.39 is 0 Å². The van der Waals surface area contributed by atoms with Gasteiger partial charge in [0, 0.05) is 31.2 Å². The summed E-state index contributed by atoms with van der Waals surface area (Å²) in [6.07, 6.45) is 2.69. The van der Waals surface area contributed by atoms with Crippen molar-refractivity contribution in [1.29, 1.82) is 5.26 Å². The van der Waals surface area contributed by atoms with Crippen LogP contribution >= 0.6 is 0 Å². The fourth-order valence-electron chi connectivity index (χ4n) is 4.37. The summed E-state index contributed by atoms with van der Waals surface area (Å²) in [5.41, 5.74) is 7.71. The number of nitrogens with two attached hydrogens (primary N) is 1. The Morgan fingerprint density at radius 1 is 1.39 bits per heavy atom. The fraction of sp³-hybridized carbons (Fsp3) is 0.409. The summed E-state index contributed by atoms with van der Waals surface area (Å²) in [5, 5.41) is 15.8. The first-order valence-electron chi connectivity index (χ1n) is 10.3. The average Bonchev–Trinajstić information content (AvgIpc) is 3.01. The number of rotatable bonds is 7. The highest BCUT2D eigenvalue weighted by Gasteiger charge is 2.41. The molecule has 31 heavy (non-hydrogen) atoms. The van der Waals surface area contributed by atoms with Crippen molar-refractivity contribution < 1.29 is 9.59 Å². The number of carbonyl (C=O) groups excluding carboxylic acids is 2. The zero-order valence-electron chi connectivity index (χ0n) is 17.5. The first-order chi connectivity index (χ1) is 14.9. The maximum atomic E-state index is 12.6. The Bertz CT molecular complexity index is 1060. The second-order valence-electron chi connectivity index (χ2n) is 8.15. The summed E-state index contributed by atoms with van der Waals surface area (Å²) in [7, 11) is 1.79. The van der Waals surface area contributed by atoms with Crippen molar-refractivity contribution in [2.75, 3.05) is 29.1 Å². The van der Waals surface area contributed by atoms with Gasteiger partial charge in [0.2, 0.25) is 17.8 Å². The molecule has 2 heterocycles. The zero-order chi connectivity index (χ0) is 22.1. The molecule has 160 valence electrons. The van der Waals surface area contributed by atoms with Crippen molar-refractivity contribution in [1.82, 2.24) is 9.97 Å². The first-order valence-corrected chi connectivity index (χ1v) is 10.3. The Hall–Kier alpha value is -3.67. The topological polar surface area (TPSA) is 137 Å². The Labute approximate surface area is 180 Å². The summed E-state index contributed by atoms with van der Waals surface area (Å²) in [6, 6.07) is 9.92. The van der Waals surface area contributed by atoms with Gasteiger partial charge in [-0.15, -0.1) is 0 Å². The molecular formula is C22H25N7O2. The molecule has 0 bridgehead atoms. The molecule has 1 aromatic heterocycles. The number of nitrogens with one attached hydrogen (secondary N) is 2. The summed E-state index contributed by atoms with van der Waals surface area (Å²) < 4.78 is 0. The number of primary amides is 1. The Morgan fingerprint density at radius 3 is 2.87 bits per heavy atom. The van der Waals surface area contributed by atoms with Gasteiger partial charge in [-0.3, -0.25) is 9.59 Å². The predicted octanol–water partition coefficient (Wildman–Crippen LogP) is 1.83. The van der Waals surface area contributed by atoms with Gasteiger partial charge in [0.15, 0.2) is 0 Å². The minimum atomic E-state index is -0.301. The maximum Gasteiger partial charge on any atom is 0.234 e. The number of amides is 2. The van der Waals surface area contributed by atoms with Gasteiger partial charge in [-0.05, 0) is 30.4 Å². The molecule has 4 unspecified atom stereocenters. The van der Waals surface area contributed by atoms with Crippen molar-refractivity contribution >= 4 is 29.3 Å². The van der Waals surface area contributed by atoms with E-state index >= 15 is 0 Å². The van der Waals surface area contributed by atoms with E-state index in [2.05, 4.69) is 26.7 Å². The van der Waals surface area contributed by atoms with Gasteiger partial charge in [0.1, 0.15) is 17.5 Å². The number of hydrogen-bond acceptors (Lipinski definition) is 7. The summed E-state index contributed by atoms with van der Waals surface area (Å²) >= 11 is 0. The molecule has 1 aliphatic carbocycles. The lowest BCUT2D eigenvalue weighted by Gasteiger charge is -2.41. The van der Waals surface area contributed by atoms with E-state index in [1.807, 2.05) is 31.2 Å². The SMILES string of the molecule is CC1C(Nc2nc(NCCC3C(=O)N(C)c4ccccc43)ncc2C#N)CC1C(N)=O. The van der Waals surface area contributed by atoms with Crippen LogP contribution in [-0.2, 0) is 9.59 Å². The van der Waals surface area contributed by atoms with Crippen LogP contribution in [-0.4, -0.2) is 41.4 Å². The van der Waals surface area contributed by atoms with Crippen molar-refractivity contribution in [3.63, 3.8) is 0 Å². The lowest BCUT2D eigenvalue weighted by molar-refractivity contribution is -0.127. The minimum Gasteiger partial charge on any atom is -0.369 e. The third kappa shape index (κ3) is 3.77. The van der Waals surface area contributed by atoms with E-state index in [1.54, 1.807) is 11.9 Å². The molecule has 2 aliphatic rings. The van der Waals surface area contributed by atoms with Gasteiger partial charge in [-0.2, -0.15) is 10.2 Å². The van der Waals surface area contributed by atoms with Crippen LogP contribution < -0.4 is 21.3 Å². The van der Waals surface area contributed by atoms with Crippen LogP contribution in [0.4, 0.5) is 17.5 Å². The highest BCUT2D eigenvalue weighted by atomic mass is 16.2. The average molecular weight is 419 g/mol. The van der Waals surface area contributed by atoms with Crippen molar-refractivity contribution in [2.45, 2.75) is 31.7 Å². The van der Waals surface area contributed by atoms with Gasteiger partial charge >= 0.3 is 0 Å². The zero-order valence-corrected chi connectivity index (χ0v) is 17.5. The number of hydrogen-bond donors (Lipinski definition) is 3. The molecule has 1 aromatic carbocycles. The number of fused-ring (bicyclic) bond motifs is 1. The van der Waals surface area contributed by atoms with Crippen LogP contribution in [0.15, 0.2) is 30.5 Å². The molecule has 4 N–H and O–H groups in total. The monoisotopic (exact) mass is 419 g/mol. The molecule has 0 saturated heterocycles. The number of para-hydroxylation sites is 1. The van der Waals surface area contributed by atoms with Gasteiger partial charge in [0.25, 0.3) is 0 Å². The number of nitriles is 1. The van der Waals surface area contributed by atoms with Gasteiger partial charge in [-0.25, -0.2) is 4.98 Å². The maximum absolute atomic E-state index is 12.6. The van der Waals surface area contributed by atoms with Crippen LogP contribution in [0.25, 0.3) is 0 Å². The quantitative estimate of drug-likeness (QED) is 0.622. The molecular weight excluding hydrogens is 394 g/mol. The van der Waals surface area contributed by atoms with Gasteiger partial charge in [-0.1, -0.05) is 25.1 Å². The normalized spacial score (nSPS) is 24.2. The number of likely N-dealkylation sites (N-methyl/N-ethyl adjacent to an activating group) is 1. The van der Waals surface area contributed by atoms with E-state index in [1.165, 1.54) is 6.20 Å². The molecule has 4 atom stereocenters. The van der Waals surface area contributed by atoms with Crippen LogP contribution in [0.1, 0.15) is 36.8 Å². The van der Waals surface area contributed by atoms with E-state index in [9.17, 15) is 14.9 Å². The first kappa shape index (κ1) is 20.6.